The molecule has 3 nitrogen and oxygen atoms in total. The summed E-state index contributed by atoms with van der Waals surface area (Å²) in [4.78, 5) is 7.71. The first-order valence-electron chi connectivity index (χ1n) is 6.36. The number of imidazole rings is 1. The highest BCUT2D eigenvalue weighted by molar-refractivity contribution is 6.35. The lowest BCUT2D eigenvalue weighted by atomic mass is 10.0. The van der Waals surface area contributed by atoms with E-state index in [1.54, 1.807) is 18.3 Å². The number of aromatic amines is 1. The van der Waals surface area contributed by atoms with Crippen molar-refractivity contribution in [3.8, 4) is 11.3 Å². The number of hydrogen-bond acceptors (Lipinski definition) is 2. The Bertz CT molecular complexity index is 551. The molecular formula is C14H17Cl2N3. The molecule has 0 saturated carbocycles. The monoisotopic (exact) mass is 297 g/mol. The number of hydrogen-bond donors (Lipinski definition) is 2. The maximum Gasteiger partial charge on any atom is 0.110 e. The molecule has 0 aliphatic carbocycles. The summed E-state index contributed by atoms with van der Waals surface area (Å²) in [7, 11) is 0. The van der Waals surface area contributed by atoms with Gasteiger partial charge in [0.25, 0.3) is 0 Å². The van der Waals surface area contributed by atoms with Crippen molar-refractivity contribution in [1.82, 2.24) is 9.97 Å². The van der Waals surface area contributed by atoms with Gasteiger partial charge in [0.15, 0.2) is 0 Å². The maximum atomic E-state index is 6.18. The fraction of sp³-hybridized carbons (Fsp3) is 0.357. The van der Waals surface area contributed by atoms with Crippen molar-refractivity contribution < 1.29 is 0 Å². The zero-order valence-electron chi connectivity index (χ0n) is 10.8. The Morgan fingerprint density at radius 1 is 1.37 bits per heavy atom. The molecule has 1 atom stereocenters. The lowest BCUT2D eigenvalue weighted by Gasteiger charge is -2.10. The third-order valence-corrected chi connectivity index (χ3v) is 3.69. The summed E-state index contributed by atoms with van der Waals surface area (Å²) in [6.07, 6.45) is 3.88. The summed E-state index contributed by atoms with van der Waals surface area (Å²) >= 11 is 12.2. The van der Waals surface area contributed by atoms with Gasteiger partial charge in [-0.2, -0.15) is 0 Å². The van der Waals surface area contributed by atoms with Crippen LogP contribution in [0.5, 0.6) is 0 Å². The highest BCUT2D eigenvalue weighted by Crippen LogP contribution is 2.30. The molecule has 0 aliphatic heterocycles. The van der Waals surface area contributed by atoms with Crippen molar-refractivity contribution in [3.05, 3.63) is 40.3 Å². The SMILES string of the molecule is CCCC(CN)c1ncc(-c2cc(Cl)ccc2Cl)[nH]1. The van der Waals surface area contributed by atoms with Gasteiger partial charge in [-0.1, -0.05) is 36.5 Å². The van der Waals surface area contributed by atoms with Crippen LogP contribution in [0, 0.1) is 0 Å². The van der Waals surface area contributed by atoms with Gasteiger partial charge in [0.2, 0.25) is 0 Å². The molecule has 2 aromatic rings. The van der Waals surface area contributed by atoms with Crippen molar-refractivity contribution >= 4 is 23.2 Å². The lowest BCUT2D eigenvalue weighted by Crippen LogP contribution is -2.13. The van der Waals surface area contributed by atoms with E-state index in [0.717, 1.165) is 29.9 Å². The minimum absolute atomic E-state index is 0.261. The molecule has 0 amide bonds. The van der Waals surface area contributed by atoms with Crippen molar-refractivity contribution in [3.63, 3.8) is 0 Å². The third kappa shape index (κ3) is 3.30. The van der Waals surface area contributed by atoms with E-state index in [1.165, 1.54) is 0 Å². The predicted octanol–water partition coefficient (Wildman–Crippen LogP) is 4.23. The van der Waals surface area contributed by atoms with Gasteiger partial charge in [-0.3, -0.25) is 0 Å². The fourth-order valence-electron chi connectivity index (χ4n) is 2.10. The summed E-state index contributed by atoms with van der Waals surface area (Å²) in [5.41, 5.74) is 7.52. The molecule has 1 aromatic heterocycles. The Morgan fingerprint density at radius 2 is 2.16 bits per heavy atom. The largest absolute Gasteiger partial charge is 0.342 e. The second-order valence-corrected chi connectivity index (χ2v) is 5.37. The predicted molar refractivity (Wildman–Crippen MR) is 80.7 cm³/mol. The van der Waals surface area contributed by atoms with Gasteiger partial charge in [-0.25, -0.2) is 4.98 Å². The van der Waals surface area contributed by atoms with Gasteiger partial charge < -0.3 is 10.7 Å². The number of nitrogens with two attached hydrogens (primary N) is 1. The molecule has 1 unspecified atom stereocenters. The summed E-state index contributed by atoms with van der Waals surface area (Å²) in [6, 6.07) is 5.38. The Balaban J connectivity index is 2.32. The van der Waals surface area contributed by atoms with Crippen LogP contribution in [0.2, 0.25) is 10.0 Å². The smallest absolute Gasteiger partial charge is 0.110 e. The van der Waals surface area contributed by atoms with Crippen LogP contribution in [0.1, 0.15) is 31.5 Å². The van der Waals surface area contributed by atoms with E-state index in [4.69, 9.17) is 28.9 Å². The van der Waals surface area contributed by atoms with Crippen LogP contribution in [0.15, 0.2) is 24.4 Å². The molecule has 2 rings (SSSR count). The van der Waals surface area contributed by atoms with Gasteiger partial charge in [-0.15, -0.1) is 0 Å². The summed E-state index contributed by atoms with van der Waals surface area (Å²) in [5.74, 6) is 1.17. The topological polar surface area (TPSA) is 54.7 Å². The zero-order chi connectivity index (χ0) is 13.8. The number of nitrogens with one attached hydrogen (secondary N) is 1. The molecule has 0 bridgehead atoms. The Labute approximate surface area is 123 Å². The highest BCUT2D eigenvalue weighted by atomic mass is 35.5. The van der Waals surface area contributed by atoms with Crippen molar-refractivity contribution in [2.75, 3.05) is 6.54 Å². The first kappa shape index (κ1) is 14.4. The van der Waals surface area contributed by atoms with Crippen LogP contribution in [0.3, 0.4) is 0 Å². The molecule has 19 heavy (non-hydrogen) atoms. The van der Waals surface area contributed by atoms with E-state index in [1.807, 2.05) is 6.07 Å². The molecule has 102 valence electrons. The first-order chi connectivity index (χ1) is 9.15. The van der Waals surface area contributed by atoms with Crippen LogP contribution in [-0.2, 0) is 0 Å². The summed E-state index contributed by atoms with van der Waals surface area (Å²) in [5, 5.41) is 1.30. The fourth-order valence-corrected chi connectivity index (χ4v) is 2.49. The Kier molecular flexibility index (Phi) is 4.86. The van der Waals surface area contributed by atoms with E-state index in [0.29, 0.717) is 16.6 Å². The van der Waals surface area contributed by atoms with Gasteiger partial charge in [0, 0.05) is 23.0 Å². The average molecular weight is 298 g/mol. The van der Waals surface area contributed by atoms with E-state index < -0.39 is 0 Å². The zero-order valence-corrected chi connectivity index (χ0v) is 12.3. The van der Waals surface area contributed by atoms with Crippen molar-refractivity contribution in [1.29, 1.82) is 0 Å². The van der Waals surface area contributed by atoms with Crippen LogP contribution in [0.4, 0.5) is 0 Å². The molecule has 0 fully saturated rings. The molecule has 0 aliphatic rings. The molecule has 1 heterocycles. The normalized spacial score (nSPS) is 12.6. The van der Waals surface area contributed by atoms with Crippen LogP contribution >= 0.6 is 23.2 Å². The summed E-state index contributed by atoms with van der Waals surface area (Å²) < 4.78 is 0. The quantitative estimate of drug-likeness (QED) is 0.868. The van der Waals surface area contributed by atoms with Gasteiger partial charge in [0.05, 0.1) is 16.9 Å². The molecule has 0 radical (unpaired) electrons. The molecule has 5 heteroatoms. The molecular weight excluding hydrogens is 281 g/mol. The Morgan fingerprint density at radius 3 is 2.84 bits per heavy atom. The molecule has 1 aromatic carbocycles. The average Bonchev–Trinajstić information content (AvgIpc) is 2.88. The number of nitrogens with zero attached hydrogens (tertiary/aromatic N) is 1. The minimum Gasteiger partial charge on any atom is -0.342 e. The minimum atomic E-state index is 0.261. The number of rotatable bonds is 5. The molecule has 0 spiro atoms. The number of benzene rings is 1. The van der Waals surface area contributed by atoms with Gasteiger partial charge >= 0.3 is 0 Å². The highest BCUT2D eigenvalue weighted by Gasteiger charge is 2.14. The van der Waals surface area contributed by atoms with E-state index in [2.05, 4.69) is 16.9 Å². The van der Waals surface area contributed by atoms with Gasteiger partial charge in [0.1, 0.15) is 5.82 Å². The lowest BCUT2D eigenvalue weighted by molar-refractivity contribution is 0.595. The van der Waals surface area contributed by atoms with Crippen molar-refractivity contribution in [2.45, 2.75) is 25.7 Å². The first-order valence-corrected chi connectivity index (χ1v) is 7.11. The van der Waals surface area contributed by atoms with Crippen LogP contribution in [-0.4, -0.2) is 16.5 Å². The van der Waals surface area contributed by atoms with E-state index in [9.17, 15) is 0 Å². The molecule has 0 saturated heterocycles. The third-order valence-electron chi connectivity index (χ3n) is 3.12. The van der Waals surface area contributed by atoms with E-state index >= 15 is 0 Å². The Hall–Kier alpha value is -1.03. The van der Waals surface area contributed by atoms with Crippen LogP contribution < -0.4 is 5.73 Å². The van der Waals surface area contributed by atoms with Crippen LogP contribution in [0.25, 0.3) is 11.3 Å². The summed E-state index contributed by atoms with van der Waals surface area (Å²) in [6.45, 7) is 2.73. The number of halogens is 2. The molecule has 3 N–H and O–H groups in total. The van der Waals surface area contributed by atoms with Gasteiger partial charge in [-0.05, 0) is 24.6 Å². The standard InChI is InChI=1S/C14H17Cl2N3/c1-2-3-9(7-17)14-18-8-13(19-14)11-6-10(15)4-5-12(11)16/h4-6,8-9H,2-3,7,17H2,1H3,(H,18,19). The second kappa shape index (κ2) is 6.42. The number of aromatic nitrogens is 2. The maximum absolute atomic E-state index is 6.18. The van der Waals surface area contributed by atoms with E-state index in [-0.39, 0.29) is 5.92 Å². The number of H-pyrrole nitrogens is 1. The second-order valence-electron chi connectivity index (χ2n) is 4.53. The van der Waals surface area contributed by atoms with Crippen molar-refractivity contribution in [2.24, 2.45) is 5.73 Å².